The molecule has 23 heavy (non-hydrogen) atoms. The van der Waals surface area contributed by atoms with Crippen molar-refractivity contribution in [3.8, 4) is 22.8 Å². The highest BCUT2D eigenvalue weighted by Gasteiger charge is 2.16. The number of hydrogen-bond acceptors (Lipinski definition) is 5. The van der Waals surface area contributed by atoms with E-state index in [-0.39, 0.29) is 12.7 Å². The molecule has 0 saturated carbocycles. The van der Waals surface area contributed by atoms with E-state index >= 15 is 0 Å². The number of carbonyl (C=O) groups excluding carboxylic acids is 1. The molecule has 8 heteroatoms. The lowest BCUT2D eigenvalue weighted by Gasteiger charge is -2.00. The lowest BCUT2D eigenvalue weighted by atomic mass is 10.1. The maximum Gasteiger partial charge on any atom is 0.273 e. The molecule has 1 aliphatic rings. The van der Waals surface area contributed by atoms with Crippen LogP contribution >= 0.6 is 27.3 Å². The molecule has 0 fully saturated rings. The van der Waals surface area contributed by atoms with Crippen molar-refractivity contribution in [2.24, 2.45) is 0 Å². The predicted molar refractivity (Wildman–Crippen MR) is 90.1 cm³/mol. The third-order valence-electron chi connectivity index (χ3n) is 3.29. The van der Waals surface area contributed by atoms with Gasteiger partial charge in [-0.05, 0) is 40.2 Å². The second-order valence-corrected chi connectivity index (χ2v) is 6.57. The van der Waals surface area contributed by atoms with Crippen molar-refractivity contribution >= 4 is 38.3 Å². The number of benzene rings is 1. The minimum Gasteiger partial charge on any atom is -0.454 e. The van der Waals surface area contributed by atoms with E-state index in [9.17, 15) is 4.79 Å². The summed E-state index contributed by atoms with van der Waals surface area (Å²) < 4.78 is 11.5. The Hall–Kier alpha value is -2.32. The Labute approximate surface area is 143 Å². The summed E-state index contributed by atoms with van der Waals surface area (Å²) in [5.74, 6) is 1.20. The second kappa shape index (κ2) is 5.71. The van der Waals surface area contributed by atoms with E-state index < -0.39 is 0 Å². The number of aromatic nitrogens is 2. The van der Waals surface area contributed by atoms with Crippen molar-refractivity contribution in [3.05, 3.63) is 46.0 Å². The van der Waals surface area contributed by atoms with Gasteiger partial charge in [0.1, 0.15) is 5.69 Å². The first-order chi connectivity index (χ1) is 11.2. The van der Waals surface area contributed by atoms with E-state index in [1.54, 1.807) is 12.3 Å². The number of rotatable bonds is 3. The van der Waals surface area contributed by atoms with Crippen LogP contribution in [0.1, 0.15) is 10.5 Å². The van der Waals surface area contributed by atoms with Crippen molar-refractivity contribution < 1.29 is 14.3 Å². The fourth-order valence-electron chi connectivity index (χ4n) is 2.18. The van der Waals surface area contributed by atoms with Crippen LogP contribution in [0.25, 0.3) is 11.3 Å². The summed E-state index contributed by atoms with van der Waals surface area (Å²) in [6.45, 7) is 0.239. The van der Waals surface area contributed by atoms with Crippen molar-refractivity contribution in [2.45, 2.75) is 0 Å². The van der Waals surface area contributed by atoms with Gasteiger partial charge in [-0.25, -0.2) is 4.98 Å². The van der Waals surface area contributed by atoms with Gasteiger partial charge >= 0.3 is 0 Å². The number of amides is 1. The maximum absolute atomic E-state index is 12.1. The zero-order valence-corrected chi connectivity index (χ0v) is 14.0. The van der Waals surface area contributed by atoms with Crippen molar-refractivity contribution in [3.63, 3.8) is 0 Å². The van der Waals surface area contributed by atoms with Crippen LogP contribution in [0, 0.1) is 0 Å². The Balaban J connectivity index is 1.54. The molecular weight excluding hydrogens is 382 g/mol. The third kappa shape index (κ3) is 2.82. The van der Waals surface area contributed by atoms with Crippen LogP contribution in [-0.2, 0) is 0 Å². The van der Waals surface area contributed by atoms with Gasteiger partial charge in [0.25, 0.3) is 5.91 Å². The van der Waals surface area contributed by atoms with Crippen LogP contribution in [0.4, 0.5) is 5.13 Å². The van der Waals surface area contributed by atoms with Gasteiger partial charge in [0, 0.05) is 21.6 Å². The molecule has 4 rings (SSSR count). The zero-order chi connectivity index (χ0) is 15.8. The van der Waals surface area contributed by atoms with E-state index in [1.165, 1.54) is 11.3 Å². The lowest BCUT2D eigenvalue weighted by Crippen LogP contribution is -2.11. The first-order valence-electron chi connectivity index (χ1n) is 6.70. The predicted octanol–water partition coefficient (Wildman–Crippen LogP) is 3.88. The number of aromatic amines is 1. The molecule has 6 nitrogen and oxygen atoms in total. The number of nitrogens with one attached hydrogen (secondary N) is 2. The number of hydrogen-bond donors (Lipinski definition) is 2. The van der Waals surface area contributed by atoms with E-state index in [4.69, 9.17) is 9.47 Å². The fraction of sp³-hybridized carbons (Fsp3) is 0.0667. The molecule has 1 aromatic carbocycles. The number of thiazole rings is 1. The highest BCUT2D eigenvalue weighted by atomic mass is 79.9. The van der Waals surface area contributed by atoms with E-state index in [2.05, 4.69) is 31.2 Å². The molecule has 0 unspecified atom stereocenters. The number of fused-ring (bicyclic) bond motifs is 1. The molecule has 0 atom stereocenters. The summed E-state index contributed by atoms with van der Waals surface area (Å²) in [6.07, 6.45) is 1.70. The molecule has 0 radical (unpaired) electrons. The first-order valence-corrected chi connectivity index (χ1v) is 8.37. The SMILES string of the molecule is O=C(Nc1nc(-c2ccc3c(c2)OCO3)cs1)c1cc(Br)c[nH]1. The van der Waals surface area contributed by atoms with Crippen LogP contribution in [0.2, 0.25) is 0 Å². The van der Waals surface area contributed by atoms with Gasteiger partial charge < -0.3 is 14.5 Å². The summed E-state index contributed by atoms with van der Waals surface area (Å²) in [5, 5.41) is 5.20. The smallest absolute Gasteiger partial charge is 0.273 e. The Morgan fingerprint density at radius 1 is 1.30 bits per heavy atom. The average molecular weight is 392 g/mol. The number of carbonyl (C=O) groups is 1. The topological polar surface area (TPSA) is 76.2 Å². The normalized spacial score (nSPS) is 12.4. The molecular formula is C15H10BrN3O3S. The minimum absolute atomic E-state index is 0.234. The highest BCUT2D eigenvalue weighted by Crippen LogP contribution is 2.36. The van der Waals surface area contributed by atoms with Gasteiger partial charge in [-0.3, -0.25) is 10.1 Å². The van der Waals surface area contributed by atoms with Crippen molar-refractivity contribution in [1.29, 1.82) is 0 Å². The zero-order valence-electron chi connectivity index (χ0n) is 11.6. The fourth-order valence-corrected chi connectivity index (χ4v) is 3.24. The molecule has 0 aliphatic carbocycles. The first kappa shape index (κ1) is 14.3. The van der Waals surface area contributed by atoms with E-state index in [0.29, 0.717) is 16.6 Å². The van der Waals surface area contributed by atoms with Crippen molar-refractivity contribution in [1.82, 2.24) is 9.97 Å². The number of ether oxygens (including phenoxy) is 2. The Kier molecular flexibility index (Phi) is 3.55. The van der Waals surface area contributed by atoms with E-state index in [1.807, 2.05) is 23.6 Å². The Morgan fingerprint density at radius 2 is 2.17 bits per heavy atom. The molecule has 1 amide bonds. The summed E-state index contributed by atoms with van der Waals surface area (Å²) in [7, 11) is 0. The lowest BCUT2D eigenvalue weighted by molar-refractivity contribution is 0.102. The highest BCUT2D eigenvalue weighted by molar-refractivity contribution is 9.10. The molecule has 2 N–H and O–H groups in total. The molecule has 0 bridgehead atoms. The van der Waals surface area contributed by atoms with Gasteiger partial charge in [0.15, 0.2) is 16.6 Å². The monoisotopic (exact) mass is 391 g/mol. The van der Waals surface area contributed by atoms with Crippen LogP contribution < -0.4 is 14.8 Å². The largest absolute Gasteiger partial charge is 0.454 e. The van der Waals surface area contributed by atoms with Gasteiger partial charge in [-0.2, -0.15) is 0 Å². The molecule has 3 heterocycles. The Bertz CT molecular complexity index is 890. The molecule has 3 aromatic rings. The van der Waals surface area contributed by atoms with Gasteiger partial charge in [-0.15, -0.1) is 11.3 Å². The van der Waals surface area contributed by atoms with E-state index in [0.717, 1.165) is 21.5 Å². The molecule has 0 spiro atoms. The van der Waals surface area contributed by atoms with Crippen LogP contribution in [0.15, 0.2) is 40.3 Å². The summed E-state index contributed by atoms with van der Waals surface area (Å²) in [5.41, 5.74) is 2.15. The van der Waals surface area contributed by atoms with Crippen LogP contribution in [-0.4, -0.2) is 22.7 Å². The van der Waals surface area contributed by atoms with Crippen LogP contribution in [0.3, 0.4) is 0 Å². The number of anilines is 1. The average Bonchev–Trinajstić information content (AvgIpc) is 3.26. The Morgan fingerprint density at radius 3 is 3.00 bits per heavy atom. The van der Waals surface area contributed by atoms with Gasteiger partial charge in [-0.1, -0.05) is 0 Å². The quantitative estimate of drug-likeness (QED) is 0.709. The minimum atomic E-state index is -0.234. The molecule has 116 valence electrons. The maximum atomic E-state index is 12.1. The second-order valence-electron chi connectivity index (χ2n) is 4.79. The summed E-state index contributed by atoms with van der Waals surface area (Å²) >= 11 is 4.67. The number of H-pyrrole nitrogens is 1. The number of halogens is 1. The summed E-state index contributed by atoms with van der Waals surface area (Å²) in [4.78, 5) is 19.4. The molecule has 1 aliphatic heterocycles. The van der Waals surface area contributed by atoms with Gasteiger partial charge in [0.05, 0.1) is 5.69 Å². The summed E-state index contributed by atoms with van der Waals surface area (Å²) in [6, 6.07) is 7.36. The third-order valence-corrected chi connectivity index (χ3v) is 4.50. The molecule has 2 aromatic heterocycles. The van der Waals surface area contributed by atoms with Crippen LogP contribution in [0.5, 0.6) is 11.5 Å². The number of nitrogens with zero attached hydrogens (tertiary/aromatic N) is 1. The van der Waals surface area contributed by atoms with Crippen molar-refractivity contribution in [2.75, 3.05) is 12.1 Å². The van der Waals surface area contributed by atoms with Gasteiger partial charge in [0.2, 0.25) is 6.79 Å². The standard InChI is InChI=1S/C15H10BrN3O3S/c16-9-4-10(17-5-9)14(20)19-15-18-11(6-23-15)8-1-2-12-13(3-8)22-7-21-12/h1-6,17H,7H2,(H,18,19,20). The molecule has 0 saturated heterocycles.